The summed E-state index contributed by atoms with van der Waals surface area (Å²) in [6, 6.07) is 3.64. The average Bonchev–Trinajstić information content (AvgIpc) is 3.60. The molecule has 4 rings (SSSR count). The minimum Gasteiger partial charge on any atom is -0.489 e. The van der Waals surface area contributed by atoms with Crippen LogP contribution in [-0.2, 0) is 23.1 Å². The zero-order valence-electron chi connectivity index (χ0n) is 20.0. The molecule has 1 unspecified atom stereocenters. The van der Waals surface area contributed by atoms with Crippen molar-refractivity contribution in [3.63, 3.8) is 0 Å². The van der Waals surface area contributed by atoms with E-state index in [0.29, 0.717) is 59.8 Å². The van der Waals surface area contributed by atoms with Gasteiger partial charge in [0.2, 0.25) is 0 Å². The van der Waals surface area contributed by atoms with Gasteiger partial charge in [0, 0.05) is 7.05 Å². The van der Waals surface area contributed by atoms with Crippen molar-refractivity contribution < 1.29 is 24.2 Å². The second-order valence-corrected chi connectivity index (χ2v) is 9.50. The lowest BCUT2D eigenvalue weighted by Crippen LogP contribution is -2.29. The number of carbonyl (C=O) groups is 2. The highest BCUT2D eigenvalue weighted by atomic mass is 16.5. The van der Waals surface area contributed by atoms with E-state index < -0.39 is 12.1 Å². The summed E-state index contributed by atoms with van der Waals surface area (Å²) in [6.45, 7) is 4.59. The van der Waals surface area contributed by atoms with Gasteiger partial charge in [0.1, 0.15) is 11.4 Å². The molecule has 2 N–H and O–H groups in total. The summed E-state index contributed by atoms with van der Waals surface area (Å²) in [5.41, 5.74) is 2.60. The Morgan fingerprint density at radius 1 is 1.26 bits per heavy atom. The fourth-order valence-electron chi connectivity index (χ4n) is 4.45. The van der Waals surface area contributed by atoms with Crippen molar-refractivity contribution in [3.8, 4) is 17.1 Å². The number of carboxylic acids is 1. The smallest absolute Gasteiger partial charge is 0.407 e. The van der Waals surface area contributed by atoms with Crippen LogP contribution in [0.1, 0.15) is 56.8 Å². The van der Waals surface area contributed by atoms with E-state index in [-0.39, 0.29) is 18.6 Å². The number of aryl methyl sites for hydroxylation is 2. The van der Waals surface area contributed by atoms with Crippen LogP contribution in [-0.4, -0.2) is 49.9 Å². The van der Waals surface area contributed by atoms with E-state index in [4.69, 9.17) is 9.47 Å². The molecule has 2 fully saturated rings. The van der Waals surface area contributed by atoms with Crippen LogP contribution in [0.4, 0.5) is 4.79 Å². The predicted molar refractivity (Wildman–Crippen MR) is 123 cm³/mol. The summed E-state index contributed by atoms with van der Waals surface area (Å²) in [4.78, 5) is 28.1. The summed E-state index contributed by atoms with van der Waals surface area (Å²) < 4.78 is 13.1. The van der Waals surface area contributed by atoms with Crippen LogP contribution in [0, 0.1) is 24.7 Å². The molecule has 0 spiro atoms. The van der Waals surface area contributed by atoms with Crippen LogP contribution in [0.25, 0.3) is 11.4 Å². The Balaban J connectivity index is 1.38. The molecule has 10 heteroatoms. The number of pyridine rings is 1. The highest BCUT2D eigenvalue weighted by molar-refractivity contribution is 5.70. The Labute approximate surface area is 199 Å². The van der Waals surface area contributed by atoms with Gasteiger partial charge in [-0.05, 0) is 69.4 Å². The molecule has 2 aliphatic rings. The molecule has 0 saturated heterocycles. The van der Waals surface area contributed by atoms with Crippen LogP contribution in [0.2, 0.25) is 0 Å². The number of nitrogens with zero attached hydrogens (tertiary/aromatic N) is 4. The predicted octanol–water partition coefficient (Wildman–Crippen LogP) is 3.48. The maximum atomic E-state index is 12.1. The Morgan fingerprint density at radius 3 is 2.76 bits per heavy atom. The Hall–Kier alpha value is -3.17. The first-order valence-electron chi connectivity index (χ1n) is 12.0. The van der Waals surface area contributed by atoms with E-state index in [1.54, 1.807) is 11.7 Å². The standard InChI is InChI=1S/C24H33N5O5/c1-14(16-7-8-16)13-33-24(32)25-12-20-22(27-28-29(20)3)19-9-10-21(15(2)26-19)34-18-6-4-5-17(11-18)23(30)31/h9-10,14,16-18H,4-8,11-13H2,1-3H3,(H,25,32)(H,30,31)/t14?,17-,18-/m0/s1. The quantitative estimate of drug-likeness (QED) is 0.569. The zero-order valence-corrected chi connectivity index (χ0v) is 20.0. The molecule has 2 aliphatic carbocycles. The van der Waals surface area contributed by atoms with Crippen molar-refractivity contribution in [2.45, 2.75) is 65.0 Å². The number of hydrogen-bond donors (Lipinski definition) is 2. The van der Waals surface area contributed by atoms with Crippen molar-refractivity contribution in [3.05, 3.63) is 23.5 Å². The summed E-state index contributed by atoms with van der Waals surface area (Å²) in [7, 11) is 1.76. The maximum absolute atomic E-state index is 12.1. The minimum absolute atomic E-state index is 0.133. The molecule has 0 aromatic carbocycles. The van der Waals surface area contributed by atoms with Crippen LogP contribution < -0.4 is 10.1 Å². The molecule has 34 heavy (non-hydrogen) atoms. The maximum Gasteiger partial charge on any atom is 0.407 e. The number of alkyl carbamates (subject to hydrolysis) is 1. The SMILES string of the molecule is Cc1nc(-c2nnn(C)c2CNC(=O)OCC(C)C2CC2)ccc1O[C@H]1CCC[C@H](C(=O)O)C1. The third-order valence-electron chi connectivity index (χ3n) is 6.80. The Kier molecular flexibility index (Phi) is 7.33. The summed E-state index contributed by atoms with van der Waals surface area (Å²) >= 11 is 0. The lowest BCUT2D eigenvalue weighted by molar-refractivity contribution is -0.143. The van der Waals surface area contributed by atoms with E-state index >= 15 is 0 Å². The Morgan fingerprint density at radius 2 is 2.06 bits per heavy atom. The molecule has 3 atom stereocenters. The largest absolute Gasteiger partial charge is 0.489 e. The van der Waals surface area contributed by atoms with Gasteiger partial charge in [-0.3, -0.25) is 4.79 Å². The molecular formula is C24H33N5O5. The van der Waals surface area contributed by atoms with Gasteiger partial charge in [-0.25, -0.2) is 14.5 Å². The molecular weight excluding hydrogens is 438 g/mol. The fraction of sp³-hybridized carbons (Fsp3) is 0.625. The molecule has 2 heterocycles. The monoisotopic (exact) mass is 471 g/mol. The highest BCUT2D eigenvalue weighted by Crippen LogP contribution is 2.36. The van der Waals surface area contributed by atoms with Crippen LogP contribution >= 0.6 is 0 Å². The van der Waals surface area contributed by atoms with Gasteiger partial charge >= 0.3 is 12.1 Å². The molecule has 2 saturated carbocycles. The molecule has 2 aromatic heterocycles. The van der Waals surface area contributed by atoms with E-state index in [9.17, 15) is 14.7 Å². The van der Waals surface area contributed by atoms with Crippen molar-refractivity contribution in [1.29, 1.82) is 0 Å². The van der Waals surface area contributed by atoms with E-state index in [2.05, 4.69) is 27.5 Å². The van der Waals surface area contributed by atoms with Gasteiger partial charge in [-0.2, -0.15) is 0 Å². The van der Waals surface area contributed by atoms with Crippen LogP contribution in [0.15, 0.2) is 12.1 Å². The number of aromatic nitrogens is 4. The van der Waals surface area contributed by atoms with Crippen molar-refractivity contribution in [2.75, 3.05) is 6.61 Å². The minimum atomic E-state index is -0.761. The van der Waals surface area contributed by atoms with Crippen molar-refractivity contribution in [1.82, 2.24) is 25.3 Å². The number of aliphatic carboxylic acids is 1. The third-order valence-corrected chi connectivity index (χ3v) is 6.80. The molecule has 0 radical (unpaired) electrons. The zero-order chi connectivity index (χ0) is 24.2. The molecule has 184 valence electrons. The van der Waals surface area contributed by atoms with E-state index in [1.165, 1.54) is 12.8 Å². The fourth-order valence-corrected chi connectivity index (χ4v) is 4.45. The number of carboxylic acid groups (broad SMARTS) is 1. The number of rotatable bonds is 9. The van der Waals surface area contributed by atoms with Gasteiger partial charge in [0.25, 0.3) is 0 Å². The number of amides is 1. The summed E-state index contributed by atoms with van der Waals surface area (Å²) in [5, 5.41) is 20.4. The van der Waals surface area contributed by atoms with Crippen molar-refractivity contribution in [2.24, 2.45) is 24.8 Å². The summed E-state index contributed by atoms with van der Waals surface area (Å²) in [5.74, 6) is 0.583. The molecule has 0 bridgehead atoms. The first-order chi connectivity index (χ1) is 16.3. The van der Waals surface area contributed by atoms with Gasteiger partial charge in [-0.15, -0.1) is 5.10 Å². The molecule has 2 aromatic rings. The first-order valence-corrected chi connectivity index (χ1v) is 12.0. The number of ether oxygens (including phenoxy) is 2. The Bertz CT molecular complexity index is 1030. The van der Waals surface area contributed by atoms with Crippen LogP contribution in [0.3, 0.4) is 0 Å². The first kappa shape index (κ1) is 24.0. The number of carbonyl (C=O) groups excluding carboxylic acids is 1. The van der Waals surface area contributed by atoms with Gasteiger partial charge in [0.15, 0.2) is 0 Å². The summed E-state index contributed by atoms with van der Waals surface area (Å²) in [6.07, 6.45) is 4.72. The van der Waals surface area contributed by atoms with Crippen LogP contribution in [0.5, 0.6) is 5.75 Å². The normalized spacial score (nSPS) is 21.0. The van der Waals surface area contributed by atoms with Gasteiger partial charge in [-0.1, -0.05) is 12.1 Å². The third kappa shape index (κ3) is 5.84. The molecule has 10 nitrogen and oxygen atoms in total. The lowest BCUT2D eigenvalue weighted by Gasteiger charge is -2.27. The van der Waals surface area contributed by atoms with Gasteiger partial charge in [0.05, 0.1) is 42.3 Å². The lowest BCUT2D eigenvalue weighted by atomic mass is 9.87. The second-order valence-electron chi connectivity index (χ2n) is 9.50. The number of nitrogens with one attached hydrogen (secondary N) is 1. The average molecular weight is 472 g/mol. The van der Waals surface area contributed by atoms with E-state index in [1.807, 2.05) is 19.1 Å². The van der Waals surface area contributed by atoms with Crippen molar-refractivity contribution >= 4 is 12.1 Å². The number of hydrogen-bond acceptors (Lipinski definition) is 7. The second kappa shape index (κ2) is 10.4. The van der Waals surface area contributed by atoms with Gasteiger partial charge < -0.3 is 19.9 Å². The molecule has 0 aliphatic heterocycles. The van der Waals surface area contributed by atoms with E-state index in [0.717, 1.165) is 12.8 Å². The molecule has 1 amide bonds. The topological polar surface area (TPSA) is 128 Å². The highest BCUT2D eigenvalue weighted by Gasteiger charge is 2.29.